The number of phenolic OH excluding ortho intramolecular Hbond substituents is 1. The van der Waals surface area contributed by atoms with Gasteiger partial charge in [0.25, 0.3) is 0 Å². The van der Waals surface area contributed by atoms with Crippen LogP contribution in [-0.2, 0) is 21.4 Å². The summed E-state index contributed by atoms with van der Waals surface area (Å²) in [6.07, 6.45) is 0.119. The van der Waals surface area contributed by atoms with Crippen LogP contribution < -0.4 is 0 Å². The molecule has 0 radical (unpaired) electrons. The SMILES string of the molecule is COC(=O)Cc1cc(-n2nc3ccccc3n2)c(O)c(C(C)(C)C)c1. The molecule has 0 saturated carbocycles. The molecule has 0 fully saturated rings. The van der Waals surface area contributed by atoms with Gasteiger partial charge in [0.15, 0.2) is 0 Å². The van der Waals surface area contributed by atoms with Crippen molar-refractivity contribution in [3.63, 3.8) is 0 Å². The van der Waals surface area contributed by atoms with E-state index in [1.165, 1.54) is 11.9 Å². The molecule has 0 saturated heterocycles. The third-order valence-electron chi connectivity index (χ3n) is 4.04. The van der Waals surface area contributed by atoms with Gasteiger partial charge in [-0.15, -0.1) is 15.0 Å². The zero-order valence-corrected chi connectivity index (χ0v) is 14.8. The Balaban J connectivity index is 2.19. The minimum atomic E-state index is -0.338. The lowest BCUT2D eigenvalue weighted by atomic mass is 9.84. The third-order valence-corrected chi connectivity index (χ3v) is 4.04. The number of carbonyl (C=O) groups excluding carboxylic acids is 1. The zero-order chi connectivity index (χ0) is 18.2. The number of aromatic nitrogens is 3. The van der Waals surface area contributed by atoms with E-state index in [1.54, 1.807) is 6.07 Å². The Labute approximate surface area is 146 Å². The maximum atomic E-state index is 11.7. The molecule has 3 rings (SSSR count). The molecule has 25 heavy (non-hydrogen) atoms. The third kappa shape index (κ3) is 3.33. The van der Waals surface area contributed by atoms with Crippen molar-refractivity contribution >= 4 is 17.0 Å². The summed E-state index contributed by atoms with van der Waals surface area (Å²) in [5.41, 5.74) is 3.08. The van der Waals surface area contributed by atoms with Crippen molar-refractivity contribution in [3.8, 4) is 11.4 Å². The molecule has 0 bridgehead atoms. The van der Waals surface area contributed by atoms with Crippen molar-refractivity contribution < 1.29 is 14.6 Å². The second-order valence-corrected chi connectivity index (χ2v) is 6.99. The fourth-order valence-corrected chi connectivity index (χ4v) is 2.71. The Morgan fingerprint density at radius 1 is 1.16 bits per heavy atom. The van der Waals surface area contributed by atoms with Crippen LogP contribution in [0.1, 0.15) is 31.9 Å². The van der Waals surface area contributed by atoms with E-state index in [9.17, 15) is 9.90 Å². The zero-order valence-electron chi connectivity index (χ0n) is 14.8. The summed E-state index contributed by atoms with van der Waals surface area (Å²) in [6, 6.07) is 11.0. The van der Waals surface area contributed by atoms with Crippen molar-refractivity contribution in [3.05, 3.63) is 47.5 Å². The second-order valence-electron chi connectivity index (χ2n) is 6.99. The first-order chi connectivity index (χ1) is 11.8. The Bertz CT molecular complexity index is 906. The predicted molar refractivity (Wildman–Crippen MR) is 94.9 cm³/mol. The molecule has 0 aliphatic rings. The number of phenols is 1. The van der Waals surface area contributed by atoms with Gasteiger partial charge in [-0.1, -0.05) is 39.0 Å². The van der Waals surface area contributed by atoms with E-state index in [4.69, 9.17) is 4.74 Å². The molecule has 0 atom stereocenters. The van der Waals surface area contributed by atoms with Gasteiger partial charge in [-0.3, -0.25) is 4.79 Å². The van der Waals surface area contributed by atoms with Gasteiger partial charge in [-0.2, -0.15) is 0 Å². The number of hydrogen-bond donors (Lipinski definition) is 1. The minimum absolute atomic E-state index is 0.112. The summed E-state index contributed by atoms with van der Waals surface area (Å²) in [7, 11) is 1.36. The summed E-state index contributed by atoms with van der Waals surface area (Å²) in [5, 5.41) is 19.7. The molecule has 0 amide bonds. The number of benzene rings is 2. The normalized spacial score (nSPS) is 11.7. The Morgan fingerprint density at radius 3 is 2.28 bits per heavy atom. The molecule has 0 aliphatic carbocycles. The summed E-state index contributed by atoms with van der Waals surface area (Å²) >= 11 is 0. The molecule has 6 heteroatoms. The monoisotopic (exact) mass is 339 g/mol. The fraction of sp³-hybridized carbons (Fsp3) is 0.316. The average Bonchev–Trinajstić information content (AvgIpc) is 2.98. The Hall–Kier alpha value is -2.89. The largest absolute Gasteiger partial charge is 0.505 e. The van der Waals surface area contributed by atoms with Gasteiger partial charge >= 0.3 is 5.97 Å². The number of nitrogens with zero attached hydrogens (tertiary/aromatic N) is 3. The molecule has 3 aromatic rings. The fourth-order valence-electron chi connectivity index (χ4n) is 2.71. The Kier molecular flexibility index (Phi) is 4.20. The first-order valence-electron chi connectivity index (χ1n) is 8.05. The summed E-state index contributed by atoms with van der Waals surface area (Å²) in [5.74, 6) is -0.225. The molecule has 1 N–H and O–H groups in total. The van der Waals surface area contributed by atoms with Crippen molar-refractivity contribution in [2.24, 2.45) is 0 Å². The van der Waals surface area contributed by atoms with E-state index in [-0.39, 0.29) is 23.6 Å². The lowest BCUT2D eigenvalue weighted by molar-refractivity contribution is -0.139. The van der Waals surface area contributed by atoms with Crippen molar-refractivity contribution in [2.75, 3.05) is 7.11 Å². The van der Waals surface area contributed by atoms with Crippen molar-refractivity contribution in [1.29, 1.82) is 0 Å². The lowest BCUT2D eigenvalue weighted by Crippen LogP contribution is -2.15. The van der Waals surface area contributed by atoms with Crippen LogP contribution in [0.3, 0.4) is 0 Å². The predicted octanol–water partition coefficient (Wildman–Crippen LogP) is 3.14. The lowest BCUT2D eigenvalue weighted by Gasteiger charge is -2.23. The number of hydrogen-bond acceptors (Lipinski definition) is 5. The van der Waals surface area contributed by atoms with E-state index < -0.39 is 0 Å². The highest BCUT2D eigenvalue weighted by Gasteiger charge is 2.23. The number of rotatable bonds is 3. The molecule has 130 valence electrons. The van der Waals surface area contributed by atoms with Gasteiger partial charge in [0.05, 0.1) is 13.5 Å². The van der Waals surface area contributed by atoms with E-state index in [0.29, 0.717) is 5.69 Å². The topological polar surface area (TPSA) is 77.2 Å². The molecular formula is C19H21N3O3. The Morgan fingerprint density at radius 2 is 1.76 bits per heavy atom. The van der Waals surface area contributed by atoms with Crippen LogP contribution in [0.4, 0.5) is 0 Å². The number of aromatic hydroxyl groups is 1. The van der Waals surface area contributed by atoms with E-state index in [2.05, 4.69) is 10.2 Å². The quantitative estimate of drug-likeness (QED) is 0.742. The number of carbonyl (C=O) groups is 1. The molecule has 1 heterocycles. The van der Waals surface area contributed by atoms with Gasteiger partial charge in [0, 0.05) is 5.56 Å². The number of ether oxygens (including phenoxy) is 1. The van der Waals surface area contributed by atoms with Crippen LogP contribution in [0.15, 0.2) is 36.4 Å². The average molecular weight is 339 g/mol. The van der Waals surface area contributed by atoms with Gasteiger partial charge in [0.2, 0.25) is 0 Å². The molecule has 0 unspecified atom stereocenters. The van der Waals surface area contributed by atoms with E-state index in [0.717, 1.165) is 22.2 Å². The first kappa shape index (κ1) is 17.0. The van der Waals surface area contributed by atoms with Crippen LogP contribution in [0.5, 0.6) is 5.75 Å². The van der Waals surface area contributed by atoms with Crippen molar-refractivity contribution in [1.82, 2.24) is 15.0 Å². The molecular weight excluding hydrogens is 318 g/mol. The van der Waals surface area contributed by atoms with Gasteiger partial charge in [0.1, 0.15) is 22.5 Å². The molecule has 0 spiro atoms. The molecule has 6 nitrogen and oxygen atoms in total. The smallest absolute Gasteiger partial charge is 0.309 e. The van der Waals surface area contributed by atoms with Crippen LogP contribution in [0.2, 0.25) is 0 Å². The second kappa shape index (κ2) is 6.20. The molecule has 0 aliphatic heterocycles. The highest BCUT2D eigenvalue weighted by molar-refractivity contribution is 5.75. The standard InChI is InChI=1S/C19H21N3O3/c1-19(2,3)13-9-12(11-17(23)25-4)10-16(18(13)24)22-20-14-7-5-6-8-15(14)21-22/h5-10,24H,11H2,1-4H3. The highest BCUT2D eigenvalue weighted by atomic mass is 16.5. The van der Waals surface area contributed by atoms with Crippen LogP contribution >= 0.6 is 0 Å². The molecule has 2 aromatic carbocycles. The van der Waals surface area contributed by atoms with Gasteiger partial charge in [-0.25, -0.2) is 0 Å². The molecule has 1 aromatic heterocycles. The maximum absolute atomic E-state index is 11.7. The van der Waals surface area contributed by atoms with Crippen LogP contribution in [0.25, 0.3) is 16.7 Å². The first-order valence-corrected chi connectivity index (χ1v) is 8.05. The summed E-state index contributed by atoms with van der Waals surface area (Å²) in [4.78, 5) is 13.1. The number of methoxy groups -OCH3 is 1. The summed E-state index contributed by atoms with van der Waals surface area (Å²) < 4.78 is 4.76. The summed E-state index contributed by atoms with van der Waals surface area (Å²) in [6.45, 7) is 6.00. The minimum Gasteiger partial charge on any atom is -0.505 e. The number of fused-ring (bicyclic) bond motifs is 1. The van der Waals surface area contributed by atoms with Crippen LogP contribution in [0, 0.1) is 0 Å². The van der Waals surface area contributed by atoms with Gasteiger partial charge < -0.3 is 9.84 Å². The van der Waals surface area contributed by atoms with E-state index >= 15 is 0 Å². The number of esters is 1. The van der Waals surface area contributed by atoms with Gasteiger partial charge in [-0.05, 0) is 29.2 Å². The van der Waals surface area contributed by atoms with Crippen molar-refractivity contribution in [2.45, 2.75) is 32.6 Å². The maximum Gasteiger partial charge on any atom is 0.309 e. The van der Waals surface area contributed by atoms with Crippen LogP contribution in [-0.4, -0.2) is 33.2 Å². The van der Waals surface area contributed by atoms with E-state index in [1.807, 2.05) is 51.1 Å². The highest BCUT2D eigenvalue weighted by Crippen LogP contribution is 2.36.